The van der Waals surface area contributed by atoms with Crippen LogP contribution in [0.4, 0.5) is 0 Å². The minimum Gasteiger partial charge on any atom is -0.491 e. The second kappa shape index (κ2) is 7.62. The summed E-state index contributed by atoms with van der Waals surface area (Å²) in [6.07, 6.45) is 1.36. The summed E-state index contributed by atoms with van der Waals surface area (Å²) in [7, 11) is 0. The fourth-order valence-corrected chi connectivity index (χ4v) is 5.74. The first-order chi connectivity index (χ1) is 9.63. The topological polar surface area (TPSA) is 35.2 Å². The molecule has 1 aromatic rings. The molecule has 1 heterocycles. The zero-order valence-corrected chi connectivity index (χ0v) is 14.2. The van der Waals surface area contributed by atoms with Crippen LogP contribution in [0.5, 0.6) is 5.75 Å². The normalized spacial score (nSPS) is 24.6. The van der Waals surface area contributed by atoms with E-state index in [1.165, 1.54) is 17.9 Å². The molecule has 3 atom stereocenters. The van der Waals surface area contributed by atoms with Crippen LogP contribution in [0, 0.1) is 0 Å². The number of benzene rings is 1. The molecule has 1 aromatic carbocycles. The van der Waals surface area contributed by atoms with E-state index in [1.54, 1.807) is 0 Å². The molecule has 2 N–H and O–H groups in total. The highest BCUT2D eigenvalue weighted by atomic mass is 32.2. The first kappa shape index (κ1) is 16.1. The molecule has 0 amide bonds. The number of rotatable bonds is 5. The van der Waals surface area contributed by atoms with Gasteiger partial charge in [0.25, 0.3) is 0 Å². The molecule has 0 saturated carbocycles. The smallest absolute Gasteiger partial charge is 0.124 e. The summed E-state index contributed by atoms with van der Waals surface area (Å²) in [5.74, 6) is 3.39. The first-order valence-electron chi connectivity index (χ1n) is 7.37. The Hall–Kier alpha value is -0.320. The van der Waals surface area contributed by atoms with Gasteiger partial charge in [-0.05, 0) is 26.3 Å². The van der Waals surface area contributed by atoms with Crippen LogP contribution in [0.2, 0.25) is 0 Å². The largest absolute Gasteiger partial charge is 0.491 e. The Morgan fingerprint density at radius 2 is 1.95 bits per heavy atom. The van der Waals surface area contributed by atoms with Gasteiger partial charge in [0.2, 0.25) is 0 Å². The molecule has 3 unspecified atom stereocenters. The summed E-state index contributed by atoms with van der Waals surface area (Å²) in [4.78, 5) is 0. The molecule has 1 saturated heterocycles. The highest BCUT2D eigenvalue weighted by Gasteiger charge is 2.32. The second-order valence-corrected chi connectivity index (χ2v) is 8.02. The van der Waals surface area contributed by atoms with Crippen LogP contribution in [0.15, 0.2) is 24.3 Å². The lowest BCUT2D eigenvalue weighted by atomic mass is 10.00. The Kier molecular flexibility index (Phi) is 6.12. The highest BCUT2D eigenvalue weighted by molar-refractivity contribution is 8.07. The maximum Gasteiger partial charge on any atom is 0.124 e. The number of thioether (sulfide) groups is 2. The number of ether oxygens (including phenoxy) is 1. The minimum atomic E-state index is 0.0488. The lowest BCUT2D eigenvalue weighted by molar-refractivity contribution is 0.238. The summed E-state index contributed by atoms with van der Waals surface area (Å²) in [6.45, 7) is 6.38. The van der Waals surface area contributed by atoms with E-state index in [9.17, 15) is 0 Å². The maximum atomic E-state index is 6.60. The van der Waals surface area contributed by atoms with Crippen LogP contribution < -0.4 is 10.5 Å². The SMILES string of the molecule is CCC1SCCSC1C(N)c1ccccc1OC(C)C. The molecule has 0 spiro atoms. The molecule has 1 fully saturated rings. The molecule has 2 nitrogen and oxygen atoms in total. The van der Waals surface area contributed by atoms with E-state index in [0.29, 0.717) is 10.5 Å². The van der Waals surface area contributed by atoms with Gasteiger partial charge >= 0.3 is 0 Å². The zero-order valence-electron chi connectivity index (χ0n) is 12.5. The predicted octanol–water partition coefficient (Wildman–Crippen LogP) is 4.10. The summed E-state index contributed by atoms with van der Waals surface area (Å²) in [6, 6.07) is 8.29. The lowest BCUT2D eigenvalue weighted by Crippen LogP contribution is -2.35. The van der Waals surface area contributed by atoms with Crippen molar-refractivity contribution in [3.05, 3.63) is 29.8 Å². The molecule has 1 aliphatic rings. The second-order valence-electron chi connectivity index (χ2n) is 5.38. The van der Waals surface area contributed by atoms with Gasteiger partial charge < -0.3 is 10.5 Å². The molecule has 2 rings (SSSR count). The van der Waals surface area contributed by atoms with Gasteiger partial charge in [0.1, 0.15) is 5.75 Å². The summed E-state index contributed by atoms with van der Waals surface area (Å²) in [5.41, 5.74) is 7.75. The standard InChI is InChI=1S/C16H25NOS2/c1-4-14-16(20-10-9-19-14)15(17)12-7-5-6-8-13(12)18-11(2)3/h5-8,11,14-16H,4,9-10,17H2,1-3H3. The Morgan fingerprint density at radius 3 is 2.65 bits per heavy atom. The van der Waals surface area contributed by atoms with Crippen molar-refractivity contribution in [3.8, 4) is 5.75 Å². The summed E-state index contributed by atoms with van der Waals surface area (Å²) in [5, 5.41) is 1.13. The molecule has 1 aliphatic heterocycles. The molecule has 0 radical (unpaired) electrons. The Bertz CT molecular complexity index is 425. The van der Waals surface area contributed by atoms with Crippen molar-refractivity contribution in [2.24, 2.45) is 5.73 Å². The molecule has 4 heteroatoms. The van der Waals surface area contributed by atoms with Crippen LogP contribution in [-0.2, 0) is 0 Å². The number of para-hydroxylation sites is 1. The molecular formula is C16H25NOS2. The molecular weight excluding hydrogens is 286 g/mol. The van der Waals surface area contributed by atoms with Gasteiger partial charge in [0.05, 0.1) is 6.10 Å². The predicted molar refractivity (Wildman–Crippen MR) is 91.9 cm³/mol. The van der Waals surface area contributed by atoms with Crippen molar-refractivity contribution in [2.45, 2.75) is 49.8 Å². The molecule has 112 valence electrons. The van der Waals surface area contributed by atoms with E-state index < -0.39 is 0 Å². The number of hydrogen-bond donors (Lipinski definition) is 1. The van der Waals surface area contributed by atoms with Crippen molar-refractivity contribution < 1.29 is 4.74 Å². The van der Waals surface area contributed by atoms with Gasteiger partial charge in [-0.3, -0.25) is 0 Å². The maximum absolute atomic E-state index is 6.60. The van der Waals surface area contributed by atoms with Crippen molar-refractivity contribution in [1.29, 1.82) is 0 Å². The van der Waals surface area contributed by atoms with Gasteiger partial charge in [-0.2, -0.15) is 23.5 Å². The highest BCUT2D eigenvalue weighted by Crippen LogP contribution is 2.41. The molecule has 20 heavy (non-hydrogen) atoms. The Balaban J connectivity index is 2.21. The van der Waals surface area contributed by atoms with Crippen LogP contribution in [-0.4, -0.2) is 28.1 Å². The van der Waals surface area contributed by atoms with Gasteiger partial charge in [-0.15, -0.1) is 0 Å². The van der Waals surface area contributed by atoms with Crippen LogP contribution in [0.3, 0.4) is 0 Å². The molecule has 0 aliphatic carbocycles. The van der Waals surface area contributed by atoms with Crippen LogP contribution in [0.25, 0.3) is 0 Å². The molecule has 0 aromatic heterocycles. The monoisotopic (exact) mass is 311 g/mol. The van der Waals surface area contributed by atoms with E-state index in [4.69, 9.17) is 10.5 Å². The van der Waals surface area contributed by atoms with Crippen molar-refractivity contribution in [3.63, 3.8) is 0 Å². The third-order valence-electron chi connectivity index (χ3n) is 3.49. The summed E-state index contributed by atoms with van der Waals surface area (Å²) < 4.78 is 5.93. The van der Waals surface area contributed by atoms with Crippen LogP contribution in [0.1, 0.15) is 38.8 Å². The van der Waals surface area contributed by atoms with Gasteiger partial charge in [-0.1, -0.05) is 25.1 Å². The number of nitrogens with two attached hydrogens (primary N) is 1. The minimum absolute atomic E-state index is 0.0488. The first-order valence-corrected chi connectivity index (χ1v) is 9.47. The fraction of sp³-hybridized carbons (Fsp3) is 0.625. The third-order valence-corrected chi connectivity index (χ3v) is 6.86. The van der Waals surface area contributed by atoms with E-state index in [0.717, 1.165) is 11.3 Å². The fourth-order valence-electron chi connectivity index (χ4n) is 2.57. The van der Waals surface area contributed by atoms with Gasteiger partial charge in [-0.25, -0.2) is 0 Å². The average Bonchev–Trinajstić information content (AvgIpc) is 2.46. The number of hydrogen-bond acceptors (Lipinski definition) is 4. The average molecular weight is 312 g/mol. The van der Waals surface area contributed by atoms with Crippen molar-refractivity contribution in [2.75, 3.05) is 11.5 Å². The van der Waals surface area contributed by atoms with Gasteiger partial charge in [0, 0.05) is 33.6 Å². The van der Waals surface area contributed by atoms with Crippen LogP contribution >= 0.6 is 23.5 Å². The quantitative estimate of drug-likeness (QED) is 0.888. The van der Waals surface area contributed by atoms with E-state index in [2.05, 4.69) is 44.7 Å². The van der Waals surface area contributed by atoms with Crippen molar-refractivity contribution in [1.82, 2.24) is 0 Å². The van der Waals surface area contributed by atoms with E-state index in [-0.39, 0.29) is 12.1 Å². The lowest BCUT2D eigenvalue weighted by Gasteiger charge is -2.35. The Morgan fingerprint density at radius 1 is 1.25 bits per heavy atom. The Labute approximate surface area is 131 Å². The van der Waals surface area contributed by atoms with E-state index in [1.807, 2.05) is 23.9 Å². The third kappa shape index (κ3) is 3.86. The zero-order chi connectivity index (χ0) is 14.5. The van der Waals surface area contributed by atoms with Gasteiger partial charge in [0.15, 0.2) is 0 Å². The van der Waals surface area contributed by atoms with E-state index >= 15 is 0 Å². The summed E-state index contributed by atoms with van der Waals surface area (Å²) >= 11 is 4.10. The molecule has 0 bridgehead atoms. The van der Waals surface area contributed by atoms with Crippen molar-refractivity contribution >= 4 is 23.5 Å².